The van der Waals surface area contributed by atoms with Crippen molar-refractivity contribution in [3.8, 4) is 10.8 Å². The number of thiophene rings is 1. The molecule has 0 saturated heterocycles. The van der Waals surface area contributed by atoms with Gasteiger partial charge in [0.25, 0.3) is 11.1 Å². The summed E-state index contributed by atoms with van der Waals surface area (Å²) in [5.74, 6) is 0.384. The molecule has 0 aliphatic carbocycles. The minimum atomic E-state index is -0.341. The zero-order valence-electron chi connectivity index (χ0n) is 12.6. The lowest BCUT2D eigenvalue weighted by atomic mass is 10.2. The fourth-order valence-corrected chi connectivity index (χ4v) is 3.24. The summed E-state index contributed by atoms with van der Waals surface area (Å²) < 4.78 is 5.59. The highest BCUT2D eigenvalue weighted by molar-refractivity contribution is 8.00. The van der Waals surface area contributed by atoms with Crippen LogP contribution in [0, 0.1) is 6.92 Å². The Hall–Kier alpha value is -2.12. The first-order valence-corrected chi connectivity index (χ1v) is 8.80. The molecule has 2 aromatic heterocycles. The van der Waals surface area contributed by atoms with Gasteiger partial charge in [-0.3, -0.25) is 4.79 Å². The second-order valence-corrected chi connectivity index (χ2v) is 7.15. The van der Waals surface area contributed by atoms with Crippen molar-refractivity contribution in [3.05, 3.63) is 47.3 Å². The highest BCUT2D eigenvalue weighted by Crippen LogP contribution is 2.29. The van der Waals surface area contributed by atoms with Gasteiger partial charge in [-0.25, -0.2) is 0 Å². The lowest BCUT2D eigenvalue weighted by molar-refractivity contribution is -0.115. The van der Waals surface area contributed by atoms with E-state index in [1.165, 1.54) is 23.1 Å². The molecule has 118 valence electrons. The van der Waals surface area contributed by atoms with Crippen molar-refractivity contribution in [1.29, 1.82) is 0 Å². The minimum Gasteiger partial charge on any atom is -0.410 e. The van der Waals surface area contributed by atoms with E-state index in [0.717, 1.165) is 16.1 Å². The number of para-hydroxylation sites is 1. The lowest BCUT2D eigenvalue weighted by Crippen LogP contribution is -2.22. The molecule has 7 heteroatoms. The van der Waals surface area contributed by atoms with Crippen LogP contribution in [0.25, 0.3) is 10.8 Å². The predicted octanol–water partition coefficient (Wildman–Crippen LogP) is 4.23. The second kappa shape index (κ2) is 6.97. The van der Waals surface area contributed by atoms with E-state index in [-0.39, 0.29) is 11.2 Å². The summed E-state index contributed by atoms with van der Waals surface area (Å²) in [5.41, 5.74) is 1.84. The Bertz CT molecular complexity index is 799. The maximum atomic E-state index is 12.3. The first kappa shape index (κ1) is 15.8. The Kier molecular flexibility index (Phi) is 4.78. The molecular formula is C16H15N3O2S2. The van der Waals surface area contributed by atoms with Gasteiger partial charge in [0.15, 0.2) is 0 Å². The van der Waals surface area contributed by atoms with Crippen LogP contribution < -0.4 is 5.32 Å². The number of nitrogens with zero attached hydrogens (tertiary/aromatic N) is 2. The summed E-state index contributed by atoms with van der Waals surface area (Å²) in [7, 11) is 0. The molecule has 1 aromatic carbocycles. The summed E-state index contributed by atoms with van der Waals surface area (Å²) >= 11 is 2.78. The van der Waals surface area contributed by atoms with E-state index >= 15 is 0 Å². The average molecular weight is 345 g/mol. The Morgan fingerprint density at radius 2 is 2.09 bits per heavy atom. The molecule has 5 nitrogen and oxygen atoms in total. The number of hydrogen-bond acceptors (Lipinski definition) is 6. The third kappa shape index (κ3) is 3.80. The van der Waals surface area contributed by atoms with Crippen molar-refractivity contribution in [1.82, 2.24) is 10.2 Å². The van der Waals surface area contributed by atoms with Gasteiger partial charge in [0.2, 0.25) is 5.91 Å². The summed E-state index contributed by atoms with van der Waals surface area (Å²) in [5, 5.41) is 12.9. The van der Waals surface area contributed by atoms with Gasteiger partial charge < -0.3 is 9.73 Å². The van der Waals surface area contributed by atoms with Crippen LogP contribution in [0.4, 0.5) is 5.69 Å². The van der Waals surface area contributed by atoms with E-state index in [4.69, 9.17) is 4.42 Å². The minimum absolute atomic E-state index is 0.0971. The molecule has 3 rings (SSSR count). The zero-order chi connectivity index (χ0) is 16.2. The van der Waals surface area contributed by atoms with Gasteiger partial charge in [0.05, 0.1) is 10.1 Å². The third-order valence-corrected chi connectivity index (χ3v) is 4.98. The van der Waals surface area contributed by atoms with Gasteiger partial charge in [0.1, 0.15) is 0 Å². The van der Waals surface area contributed by atoms with Crippen LogP contribution in [-0.4, -0.2) is 21.4 Å². The zero-order valence-corrected chi connectivity index (χ0v) is 14.3. The molecule has 0 aliphatic rings. The molecule has 23 heavy (non-hydrogen) atoms. The van der Waals surface area contributed by atoms with E-state index in [0.29, 0.717) is 11.1 Å². The number of nitrogens with one attached hydrogen (secondary N) is 1. The Balaban J connectivity index is 1.64. The molecular weight excluding hydrogens is 330 g/mol. The van der Waals surface area contributed by atoms with Gasteiger partial charge >= 0.3 is 0 Å². The Labute approximate surface area is 142 Å². The van der Waals surface area contributed by atoms with Gasteiger partial charge in [-0.1, -0.05) is 36.0 Å². The highest BCUT2D eigenvalue weighted by Gasteiger charge is 2.19. The largest absolute Gasteiger partial charge is 0.410 e. The van der Waals surface area contributed by atoms with Crippen LogP contribution in [0.5, 0.6) is 0 Å². The van der Waals surface area contributed by atoms with Gasteiger partial charge in [-0.15, -0.1) is 21.5 Å². The van der Waals surface area contributed by atoms with E-state index in [1.807, 2.05) is 55.6 Å². The molecule has 1 N–H and O–H groups in total. The predicted molar refractivity (Wildman–Crippen MR) is 92.7 cm³/mol. The molecule has 0 aliphatic heterocycles. The van der Waals surface area contributed by atoms with E-state index in [1.54, 1.807) is 0 Å². The number of anilines is 1. The number of hydrogen-bond donors (Lipinski definition) is 1. The smallest absolute Gasteiger partial charge is 0.277 e. The number of rotatable bonds is 5. The highest BCUT2D eigenvalue weighted by atomic mass is 32.2. The second-order valence-electron chi connectivity index (χ2n) is 4.91. The number of benzene rings is 1. The number of carbonyl (C=O) groups excluding carboxylic acids is 1. The molecule has 0 radical (unpaired) electrons. The summed E-state index contributed by atoms with van der Waals surface area (Å²) in [6.45, 7) is 3.77. The molecule has 1 unspecified atom stereocenters. The molecule has 0 fully saturated rings. The fraction of sp³-hybridized carbons (Fsp3) is 0.188. The van der Waals surface area contributed by atoms with Gasteiger partial charge in [-0.2, -0.15) is 0 Å². The normalized spacial score (nSPS) is 12.1. The van der Waals surface area contributed by atoms with Crippen molar-refractivity contribution in [3.63, 3.8) is 0 Å². The van der Waals surface area contributed by atoms with Crippen molar-refractivity contribution in [2.24, 2.45) is 0 Å². The van der Waals surface area contributed by atoms with Crippen LogP contribution in [0.3, 0.4) is 0 Å². The molecule has 1 atom stereocenters. The topological polar surface area (TPSA) is 68.0 Å². The SMILES string of the molecule is Cc1ccccc1NC(=O)C(C)Sc1nnc(-c2cccs2)o1. The van der Waals surface area contributed by atoms with Crippen LogP contribution >= 0.6 is 23.1 Å². The van der Waals surface area contributed by atoms with Gasteiger partial charge in [0, 0.05) is 5.69 Å². The van der Waals surface area contributed by atoms with Crippen molar-refractivity contribution >= 4 is 34.7 Å². The van der Waals surface area contributed by atoms with Crippen LogP contribution in [-0.2, 0) is 4.79 Å². The molecule has 1 amide bonds. The van der Waals surface area contributed by atoms with Crippen LogP contribution in [0.1, 0.15) is 12.5 Å². The molecule has 3 aromatic rings. The van der Waals surface area contributed by atoms with Crippen molar-refractivity contribution < 1.29 is 9.21 Å². The van der Waals surface area contributed by atoms with Gasteiger partial charge in [-0.05, 0) is 36.9 Å². The van der Waals surface area contributed by atoms with E-state index in [2.05, 4.69) is 15.5 Å². The van der Waals surface area contributed by atoms with E-state index < -0.39 is 0 Å². The van der Waals surface area contributed by atoms with Crippen molar-refractivity contribution in [2.75, 3.05) is 5.32 Å². The molecule has 0 spiro atoms. The van der Waals surface area contributed by atoms with E-state index in [9.17, 15) is 4.79 Å². The number of thioether (sulfide) groups is 1. The number of aromatic nitrogens is 2. The first-order valence-electron chi connectivity index (χ1n) is 7.04. The first-order chi connectivity index (χ1) is 11.1. The molecule has 0 saturated carbocycles. The summed E-state index contributed by atoms with van der Waals surface area (Å²) in [6.07, 6.45) is 0. The molecule has 2 heterocycles. The summed E-state index contributed by atoms with van der Waals surface area (Å²) in [6, 6.07) is 11.5. The van der Waals surface area contributed by atoms with Crippen LogP contribution in [0.15, 0.2) is 51.4 Å². The number of aryl methyl sites for hydroxylation is 1. The Morgan fingerprint density at radius 1 is 1.26 bits per heavy atom. The summed E-state index contributed by atoms with van der Waals surface area (Å²) in [4.78, 5) is 13.2. The van der Waals surface area contributed by atoms with Crippen molar-refractivity contribution in [2.45, 2.75) is 24.3 Å². The average Bonchev–Trinajstić information content (AvgIpc) is 3.20. The quantitative estimate of drug-likeness (QED) is 0.701. The maximum Gasteiger partial charge on any atom is 0.277 e. The number of amides is 1. The maximum absolute atomic E-state index is 12.3. The Morgan fingerprint density at radius 3 is 2.83 bits per heavy atom. The fourth-order valence-electron chi connectivity index (χ4n) is 1.91. The standard InChI is InChI=1S/C16H15N3O2S2/c1-10-6-3-4-7-12(10)17-14(20)11(2)23-16-19-18-15(21-16)13-8-5-9-22-13/h3-9,11H,1-2H3,(H,17,20). The number of carbonyl (C=O) groups is 1. The lowest BCUT2D eigenvalue weighted by Gasteiger charge is -2.11. The van der Waals surface area contributed by atoms with Crippen LogP contribution in [0.2, 0.25) is 0 Å². The molecule has 0 bridgehead atoms. The monoisotopic (exact) mass is 345 g/mol. The third-order valence-electron chi connectivity index (χ3n) is 3.19.